The van der Waals surface area contributed by atoms with E-state index in [-0.39, 0.29) is 11.9 Å². The average molecular weight is 250 g/mol. The summed E-state index contributed by atoms with van der Waals surface area (Å²) >= 11 is 0. The van der Waals surface area contributed by atoms with Crippen LogP contribution in [0.2, 0.25) is 0 Å². The van der Waals surface area contributed by atoms with Gasteiger partial charge in [-0.1, -0.05) is 32.1 Å². The van der Waals surface area contributed by atoms with Crippen molar-refractivity contribution in [1.29, 1.82) is 0 Å². The van der Waals surface area contributed by atoms with Crippen molar-refractivity contribution in [3.05, 3.63) is 29.8 Å². The Kier molecular flexibility index (Phi) is 5.12. The van der Waals surface area contributed by atoms with E-state index < -0.39 is 0 Å². The molecular formula is C15H23FN2. The molecule has 18 heavy (non-hydrogen) atoms. The van der Waals surface area contributed by atoms with Gasteiger partial charge in [0.1, 0.15) is 5.82 Å². The molecular weight excluding hydrogens is 227 g/mol. The smallest absolute Gasteiger partial charge is 0.141 e. The first-order valence-electron chi connectivity index (χ1n) is 7.12. The van der Waals surface area contributed by atoms with Crippen molar-refractivity contribution in [2.75, 3.05) is 0 Å². The molecule has 1 aromatic heterocycles. The Hall–Kier alpha value is -0.960. The summed E-state index contributed by atoms with van der Waals surface area (Å²) in [6, 6.07) is 2.33. The molecule has 1 aromatic rings. The van der Waals surface area contributed by atoms with Gasteiger partial charge in [-0.15, -0.1) is 0 Å². The van der Waals surface area contributed by atoms with Gasteiger partial charge in [-0.2, -0.15) is 0 Å². The van der Waals surface area contributed by atoms with Crippen LogP contribution >= 0.6 is 0 Å². The fourth-order valence-electron chi connectivity index (χ4n) is 2.74. The molecule has 2 rings (SSSR count). The number of halogens is 1. The quantitative estimate of drug-likeness (QED) is 0.877. The fraction of sp³-hybridized carbons (Fsp3) is 0.667. The minimum atomic E-state index is -0.251. The van der Waals surface area contributed by atoms with E-state index in [1.807, 2.05) is 0 Å². The normalized spacial score (nSPS) is 20.1. The fourth-order valence-corrected chi connectivity index (χ4v) is 2.74. The number of rotatable bonds is 3. The van der Waals surface area contributed by atoms with E-state index in [1.165, 1.54) is 51.1 Å². The summed E-state index contributed by atoms with van der Waals surface area (Å²) in [5.41, 5.74) is 0.942. The van der Waals surface area contributed by atoms with Crippen molar-refractivity contribution in [3.63, 3.8) is 0 Å². The van der Waals surface area contributed by atoms with E-state index in [0.717, 1.165) is 5.56 Å². The lowest BCUT2D eigenvalue weighted by Gasteiger charge is -2.25. The molecule has 0 bridgehead atoms. The lowest BCUT2D eigenvalue weighted by Crippen LogP contribution is -2.32. The second kappa shape index (κ2) is 6.83. The number of aromatic nitrogens is 1. The summed E-state index contributed by atoms with van der Waals surface area (Å²) < 4.78 is 13.1. The first-order chi connectivity index (χ1) is 8.75. The maximum atomic E-state index is 13.1. The standard InChI is InChI=1S/C15H23FN2/c1-12(13-9-14(16)11-17-10-13)18-15-7-5-3-2-4-6-8-15/h9-12,15,18H,2-8H2,1H3. The van der Waals surface area contributed by atoms with Crippen LogP contribution in [0.5, 0.6) is 0 Å². The molecule has 1 saturated carbocycles. The highest BCUT2D eigenvalue weighted by atomic mass is 19.1. The van der Waals surface area contributed by atoms with Gasteiger partial charge in [0.25, 0.3) is 0 Å². The van der Waals surface area contributed by atoms with Crippen molar-refractivity contribution < 1.29 is 4.39 Å². The van der Waals surface area contributed by atoms with Gasteiger partial charge in [0.15, 0.2) is 0 Å². The van der Waals surface area contributed by atoms with Crippen LogP contribution in [0, 0.1) is 5.82 Å². The Bertz CT molecular complexity index is 359. The van der Waals surface area contributed by atoms with E-state index in [0.29, 0.717) is 6.04 Å². The third-order valence-corrected chi connectivity index (χ3v) is 3.82. The van der Waals surface area contributed by atoms with Crippen molar-refractivity contribution in [1.82, 2.24) is 10.3 Å². The predicted molar refractivity (Wildman–Crippen MR) is 71.9 cm³/mol. The zero-order chi connectivity index (χ0) is 12.8. The second-order valence-corrected chi connectivity index (χ2v) is 5.37. The molecule has 0 amide bonds. The van der Waals surface area contributed by atoms with Crippen molar-refractivity contribution in [3.8, 4) is 0 Å². The van der Waals surface area contributed by atoms with Crippen LogP contribution in [0.25, 0.3) is 0 Å². The first kappa shape index (κ1) is 13.5. The van der Waals surface area contributed by atoms with Crippen molar-refractivity contribution in [2.45, 2.75) is 64.0 Å². The van der Waals surface area contributed by atoms with E-state index in [1.54, 1.807) is 12.3 Å². The Morgan fingerprint density at radius 2 is 1.83 bits per heavy atom. The van der Waals surface area contributed by atoms with Crippen LogP contribution in [0.3, 0.4) is 0 Å². The topological polar surface area (TPSA) is 24.9 Å². The Balaban J connectivity index is 1.90. The molecule has 0 saturated heterocycles. The molecule has 2 nitrogen and oxygen atoms in total. The average Bonchev–Trinajstić information content (AvgIpc) is 2.32. The highest BCUT2D eigenvalue weighted by molar-refractivity contribution is 5.14. The molecule has 1 aliphatic carbocycles. The zero-order valence-corrected chi connectivity index (χ0v) is 11.2. The van der Waals surface area contributed by atoms with Crippen LogP contribution < -0.4 is 5.32 Å². The molecule has 0 aromatic carbocycles. The zero-order valence-electron chi connectivity index (χ0n) is 11.2. The summed E-state index contributed by atoms with van der Waals surface area (Å²) in [5, 5.41) is 3.62. The minimum Gasteiger partial charge on any atom is -0.307 e. The van der Waals surface area contributed by atoms with E-state index >= 15 is 0 Å². The van der Waals surface area contributed by atoms with E-state index in [9.17, 15) is 4.39 Å². The molecule has 1 N–H and O–H groups in total. The molecule has 1 atom stereocenters. The van der Waals surface area contributed by atoms with Gasteiger partial charge >= 0.3 is 0 Å². The maximum absolute atomic E-state index is 13.1. The first-order valence-corrected chi connectivity index (χ1v) is 7.12. The molecule has 0 aliphatic heterocycles. The highest BCUT2D eigenvalue weighted by Crippen LogP contribution is 2.20. The van der Waals surface area contributed by atoms with Gasteiger partial charge in [0, 0.05) is 18.3 Å². The number of nitrogens with one attached hydrogen (secondary N) is 1. The van der Waals surface area contributed by atoms with E-state index in [4.69, 9.17) is 0 Å². The molecule has 1 heterocycles. The molecule has 1 aliphatic rings. The van der Waals surface area contributed by atoms with Crippen LogP contribution in [-0.4, -0.2) is 11.0 Å². The van der Waals surface area contributed by atoms with E-state index in [2.05, 4.69) is 17.2 Å². The van der Waals surface area contributed by atoms with Crippen LogP contribution in [0.15, 0.2) is 18.5 Å². The predicted octanol–water partition coefficient (Wildman–Crippen LogP) is 3.98. The molecule has 1 fully saturated rings. The lowest BCUT2D eigenvalue weighted by atomic mass is 9.95. The molecule has 1 unspecified atom stereocenters. The van der Waals surface area contributed by atoms with Crippen LogP contribution in [0.1, 0.15) is 63.5 Å². The molecule has 0 radical (unpaired) electrons. The largest absolute Gasteiger partial charge is 0.307 e. The summed E-state index contributed by atoms with van der Waals surface area (Å²) in [6.07, 6.45) is 12.2. The third-order valence-electron chi connectivity index (χ3n) is 3.82. The number of hydrogen-bond acceptors (Lipinski definition) is 2. The minimum absolute atomic E-state index is 0.178. The van der Waals surface area contributed by atoms with Crippen molar-refractivity contribution in [2.24, 2.45) is 0 Å². The van der Waals surface area contributed by atoms with Crippen molar-refractivity contribution >= 4 is 0 Å². The number of nitrogens with zero attached hydrogens (tertiary/aromatic N) is 1. The van der Waals surface area contributed by atoms with Gasteiger partial charge < -0.3 is 5.32 Å². The summed E-state index contributed by atoms with van der Waals surface area (Å²) in [6.45, 7) is 2.09. The number of hydrogen-bond donors (Lipinski definition) is 1. The van der Waals surface area contributed by atoms with Crippen LogP contribution in [0.4, 0.5) is 4.39 Å². The summed E-state index contributed by atoms with van der Waals surface area (Å²) in [4.78, 5) is 3.92. The Morgan fingerprint density at radius 1 is 1.17 bits per heavy atom. The summed E-state index contributed by atoms with van der Waals surface area (Å²) in [5.74, 6) is -0.251. The van der Waals surface area contributed by atoms with Crippen LogP contribution in [-0.2, 0) is 0 Å². The summed E-state index contributed by atoms with van der Waals surface area (Å²) in [7, 11) is 0. The van der Waals surface area contributed by atoms with Gasteiger partial charge in [0.2, 0.25) is 0 Å². The SMILES string of the molecule is CC(NC1CCCCCCC1)c1cncc(F)c1. The monoisotopic (exact) mass is 250 g/mol. The highest BCUT2D eigenvalue weighted by Gasteiger charge is 2.15. The Morgan fingerprint density at radius 3 is 2.50 bits per heavy atom. The number of pyridine rings is 1. The van der Waals surface area contributed by atoms with Gasteiger partial charge in [0.05, 0.1) is 6.20 Å². The Labute approximate surface area is 109 Å². The van der Waals surface area contributed by atoms with Gasteiger partial charge in [-0.05, 0) is 31.4 Å². The molecule has 0 spiro atoms. The molecule has 3 heteroatoms. The maximum Gasteiger partial charge on any atom is 0.141 e. The van der Waals surface area contributed by atoms with Gasteiger partial charge in [-0.3, -0.25) is 4.98 Å². The lowest BCUT2D eigenvalue weighted by molar-refractivity contribution is 0.362. The molecule has 100 valence electrons. The van der Waals surface area contributed by atoms with Gasteiger partial charge in [-0.25, -0.2) is 4.39 Å². The second-order valence-electron chi connectivity index (χ2n) is 5.37. The third kappa shape index (κ3) is 4.05.